The van der Waals surface area contributed by atoms with Gasteiger partial charge in [-0.2, -0.15) is 0 Å². The first-order valence-corrected chi connectivity index (χ1v) is 6.90. The molecule has 0 bridgehead atoms. The first-order valence-electron chi connectivity index (χ1n) is 6.10. The molecule has 1 aromatic rings. The zero-order valence-electron chi connectivity index (χ0n) is 10.2. The van der Waals surface area contributed by atoms with Gasteiger partial charge in [-0.1, -0.05) is 0 Å². The van der Waals surface area contributed by atoms with Crippen LogP contribution in [0.1, 0.15) is 18.4 Å². The van der Waals surface area contributed by atoms with Crippen molar-refractivity contribution < 1.29 is 14.2 Å². The van der Waals surface area contributed by atoms with Crippen molar-refractivity contribution in [2.45, 2.75) is 31.5 Å². The predicted octanol–water partition coefficient (Wildman–Crippen LogP) is 2.44. The molecule has 1 aliphatic heterocycles. The van der Waals surface area contributed by atoms with Gasteiger partial charge in [0, 0.05) is 19.7 Å². The van der Waals surface area contributed by atoms with E-state index in [2.05, 4.69) is 27.3 Å². The van der Waals surface area contributed by atoms with Crippen LogP contribution in [0.5, 0.6) is 11.5 Å². The molecule has 1 saturated carbocycles. The van der Waals surface area contributed by atoms with Gasteiger partial charge in [0.1, 0.15) is 0 Å². The largest absolute Gasteiger partial charge is 0.454 e. The highest BCUT2D eigenvalue weighted by molar-refractivity contribution is 9.10. The summed E-state index contributed by atoms with van der Waals surface area (Å²) in [7, 11) is 1.77. The molecule has 1 aromatic carbocycles. The van der Waals surface area contributed by atoms with Crippen molar-refractivity contribution in [2.75, 3.05) is 13.9 Å². The molecule has 0 atom stereocenters. The van der Waals surface area contributed by atoms with Crippen molar-refractivity contribution in [1.29, 1.82) is 0 Å². The fourth-order valence-electron chi connectivity index (χ4n) is 2.31. The zero-order chi connectivity index (χ0) is 12.5. The summed E-state index contributed by atoms with van der Waals surface area (Å²) in [6.07, 6.45) is 2.63. The minimum atomic E-state index is 0.308. The van der Waals surface area contributed by atoms with Gasteiger partial charge < -0.3 is 19.5 Å². The number of hydrogen-bond acceptors (Lipinski definition) is 4. The third kappa shape index (κ3) is 2.35. The van der Waals surface area contributed by atoms with Gasteiger partial charge in [0.05, 0.1) is 10.6 Å². The monoisotopic (exact) mass is 313 g/mol. The van der Waals surface area contributed by atoms with Crippen molar-refractivity contribution in [2.24, 2.45) is 0 Å². The van der Waals surface area contributed by atoms with Gasteiger partial charge in [0.25, 0.3) is 0 Å². The van der Waals surface area contributed by atoms with Crippen LogP contribution in [0.3, 0.4) is 0 Å². The molecule has 0 saturated heterocycles. The van der Waals surface area contributed by atoms with E-state index in [4.69, 9.17) is 14.2 Å². The second-order valence-electron chi connectivity index (χ2n) is 4.72. The highest BCUT2D eigenvalue weighted by Gasteiger charge is 2.28. The molecule has 1 heterocycles. The van der Waals surface area contributed by atoms with E-state index in [1.54, 1.807) is 7.11 Å². The predicted molar refractivity (Wildman–Crippen MR) is 70.9 cm³/mol. The third-order valence-electron chi connectivity index (χ3n) is 3.51. The van der Waals surface area contributed by atoms with Crippen LogP contribution in [0.4, 0.5) is 0 Å². The van der Waals surface area contributed by atoms with E-state index in [0.717, 1.165) is 35.4 Å². The van der Waals surface area contributed by atoms with Crippen LogP contribution in [0.25, 0.3) is 0 Å². The highest BCUT2D eigenvalue weighted by atomic mass is 79.9. The lowest BCUT2D eigenvalue weighted by Crippen LogP contribution is -2.44. The summed E-state index contributed by atoms with van der Waals surface area (Å²) in [5.74, 6) is 1.63. The van der Waals surface area contributed by atoms with Crippen molar-refractivity contribution in [3.8, 4) is 11.5 Å². The summed E-state index contributed by atoms with van der Waals surface area (Å²) in [6.45, 7) is 1.15. The number of ether oxygens (including phenoxy) is 3. The molecule has 98 valence electrons. The van der Waals surface area contributed by atoms with E-state index >= 15 is 0 Å². The van der Waals surface area contributed by atoms with Gasteiger partial charge in [0.2, 0.25) is 6.79 Å². The number of benzene rings is 1. The van der Waals surface area contributed by atoms with Gasteiger partial charge in [-0.05, 0) is 46.5 Å². The van der Waals surface area contributed by atoms with E-state index in [9.17, 15) is 0 Å². The molecule has 0 aromatic heterocycles. The normalized spacial score (nSPS) is 25.0. The van der Waals surface area contributed by atoms with E-state index in [0.29, 0.717) is 18.9 Å². The molecule has 4 nitrogen and oxygen atoms in total. The molecular formula is C13H16BrNO3. The van der Waals surface area contributed by atoms with E-state index in [-0.39, 0.29) is 0 Å². The lowest BCUT2D eigenvalue weighted by molar-refractivity contribution is 0.0170. The molecule has 5 heteroatoms. The SMILES string of the molecule is COC1CC(NCc2cc(Br)c3c(c2)OCO3)C1. The maximum absolute atomic E-state index is 5.40. The van der Waals surface area contributed by atoms with Crippen molar-refractivity contribution in [3.63, 3.8) is 0 Å². The third-order valence-corrected chi connectivity index (χ3v) is 4.10. The van der Waals surface area contributed by atoms with Crippen LogP contribution < -0.4 is 14.8 Å². The molecule has 0 unspecified atom stereocenters. The Morgan fingerprint density at radius 2 is 2.22 bits per heavy atom. The topological polar surface area (TPSA) is 39.7 Å². The molecular weight excluding hydrogens is 298 g/mol. The van der Waals surface area contributed by atoms with Crippen LogP contribution in [-0.2, 0) is 11.3 Å². The number of nitrogens with one attached hydrogen (secondary N) is 1. The standard InChI is InChI=1S/C13H16BrNO3/c1-16-10-4-9(5-10)15-6-8-2-11(14)13-12(3-8)17-7-18-13/h2-3,9-10,15H,4-7H2,1H3. The van der Waals surface area contributed by atoms with Gasteiger partial charge in [-0.15, -0.1) is 0 Å². The molecule has 3 rings (SSSR count). The Balaban J connectivity index is 1.59. The fourth-order valence-corrected chi connectivity index (χ4v) is 2.91. The number of rotatable bonds is 4. The average Bonchev–Trinajstić information content (AvgIpc) is 2.76. The second kappa shape index (κ2) is 5.07. The number of halogens is 1. The van der Waals surface area contributed by atoms with E-state index in [1.165, 1.54) is 5.56 Å². The number of fused-ring (bicyclic) bond motifs is 1. The summed E-state index contributed by atoms with van der Waals surface area (Å²) in [5.41, 5.74) is 1.20. The Labute approximate surface area is 115 Å². The molecule has 18 heavy (non-hydrogen) atoms. The Hall–Kier alpha value is -0.780. The summed E-state index contributed by atoms with van der Waals surface area (Å²) in [5, 5.41) is 3.52. The van der Waals surface area contributed by atoms with Gasteiger partial charge in [-0.25, -0.2) is 0 Å². The molecule has 2 aliphatic rings. The molecule has 0 radical (unpaired) electrons. The summed E-state index contributed by atoms with van der Waals surface area (Å²) in [4.78, 5) is 0. The minimum Gasteiger partial charge on any atom is -0.454 e. The van der Waals surface area contributed by atoms with Crippen molar-refractivity contribution >= 4 is 15.9 Å². The van der Waals surface area contributed by atoms with Gasteiger partial charge >= 0.3 is 0 Å². The van der Waals surface area contributed by atoms with Crippen LogP contribution in [-0.4, -0.2) is 26.0 Å². The Bertz CT molecular complexity index is 446. The average molecular weight is 314 g/mol. The zero-order valence-corrected chi connectivity index (χ0v) is 11.8. The Kier molecular flexibility index (Phi) is 3.46. The van der Waals surface area contributed by atoms with E-state index in [1.807, 2.05) is 6.07 Å². The van der Waals surface area contributed by atoms with E-state index < -0.39 is 0 Å². The van der Waals surface area contributed by atoms with Crippen molar-refractivity contribution in [1.82, 2.24) is 5.32 Å². The lowest BCUT2D eigenvalue weighted by Gasteiger charge is -2.34. The van der Waals surface area contributed by atoms with Crippen molar-refractivity contribution in [3.05, 3.63) is 22.2 Å². The summed E-state index contributed by atoms with van der Waals surface area (Å²) >= 11 is 3.50. The second-order valence-corrected chi connectivity index (χ2v) is 5.57. The molecule has 0 amide bonds. The van der Waals surface area contributed by atoms with Crippen LogP contribution in [0.2, 0.25) is 0 Å². The Morgan fingerprint density at radius 1 is 1.39 bits per heavy atom. The maximum Gasteiger partial charge on any atom is 0.231 e. The highest BCUT2D eigenvalue weighted by Crippen LogP contribution is 2.40. The first kappa shape index (κ1) is 12.3. The number of hydrogen-bond donors (Lipinski definition) is 1. The molecule has 1 aliphatic carbocycles. The lowest BCUT2D eigenvalue weighted by atomic mass is 9.89. The summed E-state index contributed by atoms with van der Waals surface area (Å²) in [6, 6.07) is 4.68. The molecule has 0 spiro atoms. The van der Waals surface area contributed by atoms with Gasteiger partial charge in [-0.3, -0.25) is 0 Å². The molecule has 1 N–H and O–H groups in total. The van der Waals surface area contributed by atoms with Crippen LogP contribution in [0, 0.1) is 0 Å². The minimum absolute atomic E-state index is 0.308. The quantitative estimate of drug-likeness (QED) is 0.927. The van der Waals surface area contributed by atoms with Crippen LogP contribution >= 0.6 is 15.9 Å². The smallest absolute Gasteiger partial charge is 0.231 e. The maximum atomic E-state index is 5.40. The summed E-state index contributed by atoms with van der Waals surface area (Å²) < 4.78 is 17.0. The van der Waals surface area contributed by atoms with Gasteiger partial charge in [0.15, 0.2) is 11.5 Å². The fraction of sp³-hybridized carbons (Fsp3) is 0.538. The van der Waals surface area contributed by atoms with Crippen LogP contribution in [0.15, 0.2) is 16.6 Å². The number of methoxy groups -OCH3 is 1. The molecule has 1 fully saturated rings. The first-order chi connectivity index (χ1) is 8.76. The Morgan fingerprint density at radius 3 is 3.00 bits per heavy atom.